The van der Waals surface area contributed by atoms with E-state index in [9.17, 15) is 36.9 Å². The second-order valence-corrected chi connectivity index (χ2v) is 8.31. The smallest absolute Gasteiger partial charge is 0.349 e. The van der Waals surface area contributed by atoms with Gasteiger partial charge in [-0.05, 0) is 54.8 Å². The molecule has 1 aliphatic heterocycles. The molecule has 2 amide bonds. The Balaban J connectivity index is 1.51. The molecule has 0 saturated carbocycles. The maximum Gasteiger partial charge on any atom is 0.416 e. The lowest BCUT2D eigenvalue weighted by molar-refractivity contribution is -0.384. The first-order valence-electron chi connectivity index (χ1n) is 11.1. The molecule has 2 aromatic carbocycles. The third-order valence-electron chi connectivity index (χ3n) is 5.89. The summed E-state index contributed by atoms with van der Waals surface area (Å²) in [6.07, 6.45) is -3.36. The number of amides is 2. The van der Waals surface area contributed by atoms with Gasteiger partial charge in [0.05, 0.1) is 16.5 Å². The molecule has 2 heterocycles. The summed E-state index contributed by atoms with van der Waals surface area (Å²) in [5.74, 6) is -1.36. The number of urea groups is 1. The normalized spacial score (nSPS) is 15.5. The van der Waals surface area contributed by atoms with Crippen molar-refractivity contribution in [2.75, 3.05) is 16.8 Å². The largest absolute Gasteiger partial charge is 0.416 e. The second kappa shape index (κ2) is 10.4. The molecule has 37 heavy (non-hydrogen) atoms. The van der Waals surface area contributed by atoms with Crippen LogP contribution in [-0.2, 0) is 12.7 Å². The summed E-state index contributed by atoms with van der Waals surface area (Å²) in [5.41, 5.74) is -0.838. The van der Waals surface area contributed by atoms with Crippen molar-refractivity contribution in [3.63, 3.8) is 0 Å². The molecule has 0 unspecified atom stereocenters. The van der Waals surface area contributed by atoms with Crippen molar-refractivity contribution in [1.29, 1.82) is 0 Å². The number of alkyl halides is 3. The zero-order valence-corrected chi connectivity index (χ0v) is 19.1. The van der Waals surface area contributed by atoms with Gasteiger partial charge in [-0.3, -0.25) is 15.4 Å². The number of aromatic nitrogens is 1. The lowest BCUT2D eigenvalue weighted by Gasteiger charge is -2.26. The van der Waals surface area contributed by atoms with Crippen molar-refractivity contribution in [1.82, 2.24) is 10.3 Å². The molecule has 1 aliphatic rings. The molecule has 0 spiro atoms. The molecule has 194 valence electrons. The quantitative estimate of drug-likeness (QED) is 0.237. The van der Waals surface area contributed by atoms with E-state index in [2.05, 4.69) is 15.6 Å². The highest BCUT2D eigenvalue weighted by atomic mass is 19.4. The Bertz CT molecular complexity index is 1320. The van der Waals surface area contributed by atoms with E-state index < -0.39 is 46.1 Å². The minimum absolute atomic E-state index is 0.126. The standard InChI is InChI=1S/C24H20F5N5O3/c25-16-7-8-18(26)17(12-16)19-2-1-11-33(19)21-10-9-20(34(36)37)22(31-21)32-23(35)30-13-14-3-5-15(6-4-14)24(27,28)29/h3-10,12,19H,1-2,11,13H2,(H2,30,31,32,35)/t19-/m1/s1. The van der Waals surface area contributed by atoms with Gasteiger partial charge in [-0.25, -0.2) is 18.6 Å². The number of rotatable bonds is 6. The SMILES string of the molecule is O=C(NCc1ccc(C(F)(F)F)cc1)Nc1nc(N2CCC[C@@H]2c2cc(F)ccc2F)ccc1[N+](=O)[O-]. The summed E-state index contributed by atoms with van der Waals surface area (Å²) in [6.45, 7) is 0.273. The van der Waals surface area contributed by atoms with E-state index in [1.807, 2.05) is 0 Å². The van der Waals surface area contributed by atoms with Gasteiger partial charge in [0.1, 0.15) is 17.5 Å². The van der Waals surface area contributed by atoms with Crippen LogP contribution < -0.4 is 15.5 Å². The third kappa shape index (κ3) is 5.93. The molecule has 0 radical (unpaired) electrons. The zero-order valence-electron chi connectivity index (χ0n) is 19.1. The molecular weight excluding hydrogens is 501 g/mol. The molecule has 1 fully saturated rings. The van der Waals surface area contributed by atoms with Crippen LogP contribution in [0.2, 0.25) is 0 Å². The van der Waals surface area contributed by atoms with E-state index in [0.29, 0.717) is 24.9 Å². The maximum absolute atomic E-state index is 14.4. The van der Waals surface area contributed by atoms with Crippen LogP contribution in [0.3, 0.4) is 0 Å². The van der Waals surface area contributed by atoms with Crippen molar-refractivity contribution in [2.24, 2.45) is 0 Å². The highest BCUT2D eigenvalue weighted by molar-refractivity contribution is 5.90. The molecule has 1 aromatic heterocycles. The van der Waals surface area contributed by atoms with Crippen molar-refractivity contribution in [2.45, 2.75) is 31.6 Å². The first-order valence-corrected chi connectivity index (χ1v) is 11.1. The van der Waals surface area contributed by atoms with Crippen LogP contribution in [0.1, 0.15) is 35.6 Å². The predicted molar refractivity (Wildman–Crippen MR) is 124 cm³/mol. The Morgan fingerprint density at radius 2 is 1.84 bits per heavy atom. The van der Waals surface area contributed by atoms with Gasteiger partial charge in [0, 0.05) is 24.7 Å². The van der Waals surface area contributed by atoms with Gasteiger partial charge in [-0.1, -0.05) is 12.1 Å². The van der Waals surface area contributed by atoms with Gasteiger partial charge in [0.15, 0.2) is 0 Å². The number of halogens is 5. The molecule has 1 atom stereocenters. The fourth-order valence-corrected chi connectivity index (χ4v) is 4.12. The molecule has 3 aromatic rings. The van der Waals surface area contributed by atoms with Gasteiger partial charge in [0.25, 0.3) is 0 Å². The highest BCUT2D eigenvalue weighted by Gasteiger charge is 2.31. The monoisotopic (exact) mass is 521 g/mol. The lowest BCUT2D eigenvalue weighted by Crippen LogP contribution is -2.29. The van der Waals surface area contributed by atoms with E-state index in [4.69, 9.17) is 0 Å². The van der Waals surface area contributed by atoms with Crippen LogP contribution in [0.25, 0.3) is 0 Å². The van der Waals surface area contributed by atoms with Gasteiger partial charge in [-0.2, -0.15) is 13.2 Å². The van der Waals surface area contributed by atoms with E-state index in [1.54, 1.807) is 4.90 Å². The molecule has 1 saturated heterocycles. The fraction of sp³-hybridized carbons (Fsp3) is 0.250. The number of pyridine rings is 1. The van der Waals surface area contributed by atoms with Gasteiger partial charge < -0.3 is 10.2 Å². The minimum atomic E-state index is -4.49. The van der Waals surface area contributed by atoms with Crippen LogP contribution in [0.5, 0.6) is 0 Å². The predicted octanol–water partition coefficient (Wildman–Crippen LogP) is 5.95. The third-order valence-corrected chi connectivity index (χ3v) is 5.89. The number of hydrogen-bond donors (Lipinski definition) is 2. The second-order valence-electron chi connectivity index (χ2n) is 8.31. The summed E-state index contributed by atoms with van der Waals surface area (Å²) in [6, 6.07) is 8.34. The van der Waals surface area contributed by atoms with Crippen LogP contribution >= 0.6 is 0 Å². The van der Waals surface area contributed by atoms with Crippen molar-refractivity contribution in [3.8, 4) is 0 Å². The lowest BCUT2D eigenvalue weighted by atomic mass is 10.0. The van der Waals surface area contributed by atoms with E-state index >= 15 is 0 Å². The summed E-state index contributed by atoms with van der Waals surface area (Å²) in [4.78, 5) is 29.1. The van der Waals surface area contributed by atoms with Crippen LogP contribution in [0.15, 0.2) is 54.6 Å². The van der Waals surface area contributed by atoms with Crippen LogP contribution in [0.4, 0.5) is 44.1 Å². The number of hydrogen-bond acceptors (Lipinski definition) is 5. The summed E-state index contributed by atoms with van der Waals surface area (Å²) < 4.78 is 66.3. The fourth-order valence-electron chi connectivity index (χ4n) is 4.12. The van der Waals surface area contributed by atoms with Crippen molar-refractivity contribution in [3.05, 3.63) is 93.0 Å². The van der Waals surface area contributed by atoms with Crippen LogP contribution in [0, 0.1) is 21.7 Å². The zero-order chi connectivity index (χ0) is 26.7. The minimum Gasteiger partial charge on any atom is -0.349 e. The number of anilines is 2. The number of nitrogens with zero attached hydrogens (tertiary/aromatic N) is 3. The molecule has 8 nitrogen and oxygen atoms in total. The molecule has 13 heteroatoms. The molecule has 0 bridgehead atoms. The number of benzene rings is 2. The Labute approximate surface area is 207 Å². The summed E-state index contributed by atoms with van der Waals surface area (Å²) in [7, 11) is 0. The first-order chi connectivity index (χ1) is 17.5. The topological polar surface area (TPSA) is 100 Å². The number of nitrogens with one attached hydrogen (secondary N) is 2. The Morgan fingerprint density at radius 3 is 2.51 bits per heavy atom. The maximum atomic E-state index is 14.4. The van der Waals surface area contributed by atoms with Gasteiger partial charge >= 0.3 is 17.9 Å². The average molecular weight is 521 g/mol. The van der Waals surface area contributed by atoms with E-state index in [-0.39, 0.29) is 23.7 Å². The van der Waals surface area contributed by atoms with Crippen molar-refractivity contribution < 1.29 is 31.7 Å². The van der Waals surface area contributed by atoms with E-state index in [0.717, 1.165) is 36.4 Å². The van der Waals surface area contributed by atoms with E-state index in [1.165, 1.54) is 18.2 Å². The highest BCUT2D eigenvalue weighted by Crippen LogP contribution is 2.38. The molecule has 2 N–H and O–H groups in total. The Hall–Kier alpha value is -4.29. The van der Waals surface area contributed by atoms with Crippen LogP contribution in [-0.4, -0.2) is 22.5 Å². The number of carbonyl (C=O) groups is 1. The Morgan fingerprint density at radius 1 is 1.11 bits per heavy atom. The first kappa shape index (κ1) is 25.8. The van der Waals surface area contributed by atoms with Gasteiger partial charge in [0.2, 0.25) is 5.82 Å². The van der Waals surface area contributed by atoms with Crippen molar-refractivity contribution >= 4 is 23.4 Å². The summed E-state index contributed by atoms with van der Waals surface area (Å²) in [5, 5.41) is 16.2. The van der Waals surface area contributed by atoms with Gasteiger partial charge in [-0.15, -0.1) is 0 Å². The number of carbonyl (C=O) groups excluding carboxylic acids is 1. The molecule has 4 rings (SSSR count). The summed E-state index contributed by atoms with van der Waals surface area (Å²) >= 11 is 0. The Kier molecular flexibility index (Phi) is 7.23. The molecular formula is C24H20F5N5O3. The molecule has 0 aliphatic carbocycles. The number of nitro groups is 1. The average Bonchev–Trinajstić information content (AvgIpc) is 3.33.